The molecule has 0 fully saturated rings. The average molecular weight is 558 g/mol. The Morgan fingerprint density at radius 3 is 2.00 bits per heavy atom. The lowest BCUT2D eigenvalue weighted by atomic mass is 9.73. The van der Waals surface area contributed by atoms with Crippen molar-refractivity contribution in [2.24, 2.45) is 0 Å². The van der Waals surface area contributed by atoms with Crippen LogP contribution >= 0.6 is 11.3 Å². The predicted octanol–water partition coefficient (Wildman–Crippen LogP) is 11.7. The number of nitrogens with zero attached hydrogens (tertiary/aromatic N) is 1. The van der Waals surface area contributed by atoms with Crippen molar-refractivity contribution in [2.45, 2.75) is 19.3 Å². The highest BCUT2D eigenvalue weighted by molar-refractivity contribution is 7.26. The molecule has 2 aromatic heterocycles. The Kier molecular flexibility index (Phi) is 4.86. The zero-order chi connectivity index (χ0) is 28.0. The van der Waals surface area contributed by atoms with Crippen molar-refractivity contribution in [2.75, 3.05) is 4.90 Å². The highest BCUT2D eigenvalue weighted by Crippen LogP contribution is 2.52. The van der Waals surface area contributed by atoms with Crippen molar-refractivity contribution in [3.8, 4) is 11.1 Å². The van der Waals surface area contributed by atoms with Gasteiger partial charge in [0.15, 0.2) is 0 Å². The molecule has 42 heavy (non-hydrogen) atoms. The summed E-state index contributed by atoms with van der Waals surface area (Å²) >= 11 is 1.86. The second kappa shape index (κ2) is 8.58. The second-order valence-electron chi connectivity index (χ2n) is 11.7. The number of rotatable bonds is 2. The molecule has 0 saturated carbocycles. The summed E-state index contributed by atoms with van der Waals surface area (Å²) in [4.78, 5) is 2.41. The van der Waals surface area contributed by atoms with Crippen LogP contribution in [0.3, 0.4) is 0 Å². The van der Waals surface area contributed by atoms with E-state index in [1.807, 2.05) is 11.3 Å². The number of anilines is 3. The Hall–Kier alpha value is -4.86. The molecule has 0 atom stereocenters. The fraction of sp³-hybridized carbons (Fsp3) is 0.0769. The van der Waals surface area contributed by atoms with E-state index in [1.54, 1.807) is 0 Å². The van der Waals surface area contributed by atoms with Crippen LogP contribution < -0.4 is 4.90 Å². The molecule has 0 aliphatic carbocycles. The SMILES string of the molecule is CC1(C)c2ccccc2N(c2ccc(-c3cccc4oc5ccc6c7ccccc7sc6c5c34)cc2)c2ccccc21. The molecular weight excluding hydrogens is 531 g/mol. The van der Waals surface area contributed by atoms with Crippen LogP contribution in [0, 0.1) is 0 Å². The van der Waals surface area contributed by atoms with E-state index in [0.717, 1.165) is 16.9 Å². The van der Waals surface area contributed by atoms with Gasteiger partial charge in [-0.2, -0.15) is 0 Å². The monoisotopic (exact) mass is 557 g/mol. The van der Waals surface area contributed by atoms with Crippen LogP contribution in [-0.4, -0.2) is 0 Å². The first-order valence-corrected chi connectivity index (χ1v) is 15.3. The van der Waals surface area contributed by atoms with Crippen LogP contribution in [-0.2, 0) is 5.41 Å². The molecular formula is C39H27NOS. The topological polar surface area (TPSA) is 16.4 Å². The fourth-order valence-corrected chi connectivity index (χ4v) is 8.31. The van der Waals surface area contributed by atoms with E-state index in [2.05, 4.69) is 146 Å². The summed E-state index contributed by atoms with van der Waals surface area (Å²) in [5.74, 6) is 0. The number of hydrogen-bond acceptors (Lipinski definition) is 3. The van der Waals surface area contributed by atoms with Gasteiger partial charge in [-0.15, -0.1) is 11.3 Å². The maximum Gasteiger partial charge on any atom is 0.136 e. The molecule has 200 valence electrons. The molecule has 6 aromatic carbocycles. The summed E-state index contributed by atoms with van der Waals surface area (Å²) < 4.78 is 9.03. The van der Waals surface area contributed by atoms with Crippen LogP contribution in [0.4, 0.5) is 17.1 Å². The standard InChI is InChI=1S/C39H27NOS/c1-39(2)29-12-4-6-14-31(29)40(32-15-7-5-13-30(32)39)25-20-18-24(19-21-25)26-11-9-16-33-36(26)37-34(41-33)23-22-28-27-10-3-8-17-35(27)42-38(28)37/h3-23H,1-2H3. The first-order chi connectivity index (χ1) is 20.6. The molecule has 0 unspecified atom stereocenters. The highest BCUT2D eigenvalue weighted by atomic mass is 32.1. The third-order valence-corrected chi connectivity index (χ3v) is 10.3. The van der Waals surface area contributed by atoms with Gasteiger partial charge in [0.25, 0.3) is 0 Å². The van der Waals surface area contributed by atoms with Crippen molar-refractivity contribution in [3.63, 3.8) is 0 Å². The molecule has 3 heteroatoms. The van der Waals surface area contributed by atoms with E-state index < -0.39 is 0 Å². The number of thiophene rings is 1. The number of para-hydroxylation sites is 2. The lowest BCUT2D eigenvalue weighted by Crippen LogP contribution is -2.30. The highest BCUT2D eigenvalue weighted by Gasteiger charge is 2.36. The predicted molar refractivity (Wildman–Crippen MR) is 179 cm³/mol. The average Bonchev–Trinajstić information content (AvgIpc) is 3.60. The summed E-state index contributed by atoms with van der Waals surface area (Å²) in [6, 6.07) is 46.1. The quantitative estimate of drug-likeness (QED) is 0.210. The Morgan fingerprint density at radius 2 is 1.24 bits per heavy atom. The van der Waals surface area contributed by atoms with E-state index in [9.17, 15) is 0 Å². The van der Waals surface area contributed by atoms with Crippen LogP contribution in [0.5, 0.6) is 0 Å². The van der Waals surface area contributed by atoms with Gasteiger partial charge in [-0.3, -0.25) is 0 Å². The van der Waals surface area contributed by atoms with Gasteiger partial charge in [0, 0.05) is 42.0 Å². The summed E-state index contributed by atoms with van der Waals surface area (Å²) in [5, 5.41) is 5.00. The molecule has 0 saturated heterocycles. The Bertz CT molecular complexity index is 2290. The molecule has 0 spiro atoms. The van der Waals surface area contributed by atoms with E-state index in [4.69, 9.17) is 4.42 Å². The first kappa shape index (κ1) is 23.8. The summed E-state index contributed by atoms with van der Waals surface area (Å²) in [7, 11) is 0. The minimum absolute atomic E-state index is 0.0699. The summed E-state index contributed by atoms with van der Waals surface area (Å²) in [6.07, 6.45) is 0. The minimum atomic E-state index is -0.0699. The zero-order valence-corrected chi connectivity index (χ0v) is 24.2. The molecule has 0 radical (unpaired) electrons. The third kappa shape index (κ3) is 3.20. The van der Waals surface area contributed by atoms with Gasteiger partial charge in [0.05, 0.1) is 11.4 Å². The Labute approximate surface area is 248 Å². The number of fused-ring (bicyclic) bond motifs is 9. The largest absolute Gasteiger partial charge is 0.456 e. The molecule has 8 aromatic rings. The molecule has 1 aliphatic heterocycles. The van der Waals surface area contributed by atoms with Crippen molar-refractivity contribution >= 4 is 70.5 Å². The lowest BCUT2D eigenvalue weighted by molar-refractivity contribution is 0.632. The molecule has 1 aliphatic rings. The molecule has 2 nitrogen and oxygen atoms in total. The number of benzene rings is 6. The van der Waals surface area contributed by atoms with E-state index in [0.29, 0.717) is 0 Å². The summed E-state index contributed by atoms with van der Waals surface area (Å²) in [5.41, 5.74) is 10.5. The normalized spacial score (nSPS) is 14.1. The number of hydrogen-bond donors (Lipinski definition) is 0. The van der Waals surface area contributed by atoms with Crippen LogP contribution in [0.1, 0.15) is 25.0 Å². The molecule has 0 amide bonds. The molecule has 0 bridgehead atoms. The van der Waals surface area contributed by atoms with Gasteiger partial charge in [-0.25, -0.2) is 0 Å². The van der Waals surface area contributed by atoms with Crippen molar-refractivity contribution < 1.29 is 4.42 Å². The van der Waals surface area contributed by atoms with E-state index >= 15 is 0 Å². The molecule has 3 heterocycles. The van der Waals surface area contributed by atoms with Gasteiger partial charge in [0.1, 0.15) is 11.2 Å². The first-order valence-electron chi connectivity index (χ1n) is 14.4. The summed E-state index contributed by atoms with van der Waals surface area (Å²) in [6.45, 7) is 4.66. The molecule has 9 rings (SSSR count). The van der Waals surface area contributed by atoms with E-state index in [1.165, 1.54) is 64.6 Å². The van der Waals surface area contributed by atoms with Crippen molar-refractivity contribution in [3.05, 3.63) is 139 Å². The van der Waals surface area contributed by atoms with Gasteiger partial charge < -0.3 is 9.32 Å². The van der Waals surface area contributed by atoms with Crippen LogP contribution in [0.25, 0.3) is 53.2 Å². The van der Waals surface area contributed by atoms with E-state index in [-0.39, 0.29) is 5.41 Å². The Morgan fingerprint density at radius 1 is 0.571 bits per heavy atom. The van der Waals surface area contributed by atoms with Crippen LogP contribution in [0.2, 0.25) is 0 Å². The lowest BCUT2D eigenvalue weighted by Gasteiger charge is -2.42. The minimum Gasteiger partial charge on any atom is -0.456 e. The van der Waals surface area contributed by atoms with Crippen LogP contribution in [0.15, 0.2) is 132 Å². The van der Waals surface area contributed by atoms with Crippen molar-refractivity contribution in [1.82, 2.24) is 0 Å². The fourth-order valence-electron chi connectivity index (χ4n) is 7.06. The maximum absolute atomic E-state index is 6.43. The number of furan rings is 1. The second-order valence-corrected chi connectivity index (χ2v) is 12.8. The van der Waals surface area contributed by atoms with Crippen molar-refractivity contribution in [1.29, 1.82) is 0 Å². The van der Waals surface area contributed by atoms with Gasteiger partial charge in [-0.1, -0.05) is 92.7 Å². The van der Waals surface area contributed by atoms with Gasteiger partial charge in [0.2, 0.25) is 0 Å². The smallest absolute Gasteiger partial charge is 0.136 e. The van der Waals surface area contributed by atoms with Gasteiger partial charge >= 0.3 is 0 Å². The zero-order valence-electron chi connectivity index (χ0n) is 23.4. The van der Waals surface area contributed by atoms with Gasteiger partial charge in [-0.05, 0) is 70.8 Å². The Balaban J connectivity index is 1.23. The maximum atomic E-state index is 6.43. The third-order valence-electron chi connectivity index (χ3n) is 9.08. The molecule has 0 N–H and O–H groups in total.